The van der Waals surface area contributed by atoms with Gasteiger partial charge in [0.25, 0.3) is 0 Å². The number of ketones is 1. The maximum atomic E-state index is 12.1. The van der Waals surface area contributed by atoms with Crippen molar-refractivity contribution in [2.24, 2.45) is 5.92 Å². The quantitative estimate of drug-likeness (QED) is 0.815. The molecule has 1 aliphatic heterocycles. The van der Waals surface area contributed by atoms with Gasteiger partial charge in [0.05, 0.1) is 6.54 Å². The van der Waals surface area contributed by atoms with Crippen molar-refractivity contribution < 1.29 is 9.59 Å². The summed E-state index contributed by atoms with van der Waals surface area (Å²) in [6.45, 7) is 7.33. The first-order chi connectivity index (χ1) is 8.43. The van der Waals surface area contributed by atoms with Crippen LogP contribution in [0.2, 0.25) is 0 Å². The Balaban J connectivity index is 2.63. The Morgan fingerprint density at radius 2 is 2.06 bits per heavy atom. The van der Waals surface area contributed by atoms with Crippen LogP contribution < -0.4 is 5.32 Å². The molecule has 1 heterocycles. The van der Waals surface area contributed by atoms with E-state index >= 15 is 0 Å². The fourth-order valence-corrected chi connectivity index (χ4v) is 2.02. The molecule has 18 heavy (non-hydrogen) atoms. The van der Waals surface area contributed by atoms with E-state index in [2.05, 4.69) is 11.9 Å². The summed E-state index contributed by atoms with van der Waals surface area (Å²) >= 11 is 0. The number of nitrogens with zero attached hydrogens (tertiary/aromatic N) is 2. The molecule has 1 N–H and O–H groups in total. The average molecular weight is 253 g/mol. The van der Waals surface area contributed by atoms with Crippen LogP contribution in [0.4, 0.5) is 4.79 Å². The number of hydrogen-bond acceptors (Lipinski definition) is 3. The third-order valence-electron chi connectivity index (χ3n) is 3.14. The van der Waals surface area contributed by atoms with Crippen LogP contribution in [-0.4, -0.2) is 55.3 Å². The molecule has 5 nitrogen and oxygen atoms in total. The lowest BCUT2D eigenvalue weighted by molar-refractivity contribution is -0.123. The third-order valence-corrected chi connectivity index (χ3v) is 3.14. The Labute approximate surface area is 109 Å². The summed E-state index contributed by atoms with van der Waals surface area (Å²) in [5.41, 5.74) is 0.603. The molecule has 0 saturated carbocycles. The molecule has 0 aliphatic carbocycles. The Morgan fingerprint density at radius 1 is 1.39 bits per heavy atom. The van der Waals surface area contributed by atoms with Crippen molar-refractivity contribution >= 4 is 11.8 Å². The third kappa shape index (κ3) is 3.84. The van der Waals surface area contributed by atoms with Gasteiger partial charge in [0.15, 0.2) is 5.78 Å². The maximum absolute atomic E-state index is 12.1. The first-order valence-electron chi connectivity index (χ1n) is 6.31. The van der Waals surface area contributed by atoms with Crippen LogP contribution in [0.25, 0.3) is 0 Å². The van der Waals surface area contributed by atoms with Crippen molar-refractivity contribution in [3.8, 4) is 0 Å². The van der Waals surface area contributed by atoms with E-state index in [1.165, 1.54) is 9.80 Å². The maximum Gasteiger partial charge on any atom is 0.324 e. The summed E-state index contributed by atoms with van der Waals surface area (Å²) in [7, 11) is 3.34. The van der Waals surface area contributed by atoms with Crippen LogP contribution in [0.15, 0.2) is 12.3 Å². The highest BCUT2D eigenvalue weighted by Gasteiger charge is 2.25. The van der Waals surface area contributed by atoms with Crippen LogP contribution in [0, 0.1) is 5.92 Å². The molecule has 1 aliphatic rings. The van der Waals surface area contributed by atoms with E-state index in [1.54, 1.807) is 21.0 Å². The zero-order valence-electron chi connectivity index (χ0n) is 11.5. The van der Waals surface area contributed by atoms with Crippen LogP contribution in [0.3, 0.4) is 0 Å². The van der Waals surface area contributed by atoms with Crippen molar-refractivity contribution in [2.75, 3.05) is 33.7 Å². The summed E-state index contributed by atoms with van der Waals surface area (Å²) in [4.78, 5) is 27.0. The number of piperidine rings is 1. The predicted octanol–water partition coefficient (Wildman–Crippen LogP) is 1.07. The Morgan fingerprint density at radius 3 is 2.50 bits per heavy atom. The summed E-state index contributed by atoms with van der Waals surface area (Å²) in [5, 5.41) is 3.21. The van der Waals surface area contributed by atoms with Crippen molar-refractivity contribution in [1.29, 1.82) is 0 Å². The minimum atomic E-state index is -0.195. The van der Waals surface area contributed by atoms with Gasteiger partial charge in [0.1, 0.15) is 0 Å². The molecule has 0 aromatic carbocycles. The molecule has 2 amide bonds. The van der Waals surface area contributed by atoms with E-state index < -0.39 is 0 Å². The molecule has 1 fully saturated rings. The topological polar surface area (TPSA) is 52.7 Å². The summed E-state index contributed by atoms with van der Waals surface area (Å²) in [5.74, 6) is 0.135. The van der Waals surface area contributed by atoms with E-state index in [9.17, 15) is 9.59 Å². The SMILES string of the molecule is C=C(C)N(CC(=O)C1CCCNC1)C(=O)N(C)C. The zero-order chi connectivity index (χ0) is 13.7. The number of hydrogen-bond donors (Lipinski definition) is 1. The van der Waals surface area contributed by atoms with Gasteiger partial charge in [-0.05, 0) is 26.3 Å². The molecule has 0 bridgehead atoms. The van der Waals surface area contributed by atoms with Crippen LogP contribution in [0.1, 0.15) is 19.8 Å². The minimum absolute atomic E-state index is 0.0237. The number of urea groups is 1. The summed E-state index contributed by atoms with van der Waals surface area (Å²) in [6.07, 6.45) is 1.93. The normalized spacial score (nSPS) is 19.2. The van der Waals surface area contributed by atoms with Gasteiger partial charge in [0, 0.05) is 32.3 Å². The monoisotopic (exact) mass is 253 g/mol. The number of amides is 2. The van der Waals surface area contributed by atoms with E-state index in [4.69, 9.17) is 0 Å². The lowest BCUT2D eigenvalue weighted by Gasteiger charge is -2.28. The van der Waals surface area contributed by atoms with Gasteiger partial charge in [0.2, 0.25) is 0 Å². The number of carbonyl (C=O) groups is 2. The van der Waals surface area contributed by atoms with Gasteiger partial charge < -0.3 is 10.2 Å². The molecule has 0 radical (unpaired) electrons. The van der Waals surface area contributed by atoms with E-state index in [0.29, 0.717) is 5.70 Å². The molecule has 1 unspecified atom stereocenters. The van der Waals surface area contributed by atoms with Crippen molar-refractivity contribution in [3.05, 3.63) is 12.3 Å². The van der Waals surface area contributed by atoms with Gasteiger partial charge >= 0.3 is 6.03 Å². The first kappa shape index (κ1) is 14.7. The fraction of sp³-hybridized carbons (Fsp3) is 0.692. The highest BCUT2D eigenvalue weighted by molar-refractivity contribution is 5.88. The molecule has 0 aromatic rings. The highest BCUT2D eigenvalue weighted by atomic mass is 16.2. The van der Waals surface area contributed by atoms with Crippen molar-refractivity contribution in [3.63, 3.8) is 0 Å². The number of carbonyl (C=O) groups excluding carboxylic acids is 2. The lowest BCUT2D eigenvalue weighted by Crippen LogP contribution is -2.44. The van der Waals surface area contributed by atoms with Crippen LogP contribution >= 0.6 is 0 Å². The van der Waals surface area contributed by atoms with Crippen molar-refractivity contribution in [1.82, 2.24) is 15.1 Å². The molecule has 0 aromatic heterocycles. The average Bonchev–Trinajstić information content (AvgIpc) is 2.35. The van der Waals surface area contributed by atoms with E-state index in [0.717, 1.165) is 25.9 Å². The molecular formula is C13H23N3O2. The number of nitrogens with one attached hydrogen (secondary N) is 1. The molecule has 102 valence electrons. The molecule has 1 atom stereocenters. The standard InChI is InChI=1S/C13H23N3O2/c1-10(2)16(13(18)15(3)4)9-12(17)11-6-5-7-14-8-11/h11,14H,1,5-9H2,2-4H3. The predicted molar refractivity (Wildman–Crippen MR) is 71.2 cm³/mol. The Kier molecular flexibility index (Phi) is 5.34. The second kappa shape index (κ2) is 6.54. The van der Waals surface area contributed by atoms with Gasteiger partial charge in [-0.1, -0.05) is 6.58 Å². The van der Waals surface area contributed by atoms with Gasteiger partial charge in [-0.3, -0.25) is 9.69 Å². The second-order valence-electron chi connectivity index (χ2n) is 5.01. The van der Waals surface area contributed by atoms with Gasteiger partial charge in [-0.2, -0.15) is 0 Å². The number of rotatable bonds is 4. The largest absolute Gasteiger partial charge is 0.330 e. The van der Waals surface area contributed by atoms with Gasteiger partial charge in [-0.25, -0.2) is 4.79 Å². The fourth-order valence-electron chi connectivity index (χ4n) is 2.02. The number of Topliss-reactive ketones (excluding diaryl/α,β-unsaturated/α-hetero) is 1. The van der Waals surface area contributed by atoms with E-state index in [1.807, 2.05) is 0 Å². The summed E-state index contributed by atoms with van der Waals surface area (Å²) < 4.78 is 0. The van der Waals surface area contributed by atoms with Crippen LogP contribution in [0.5, 0.6) is 0 Å². The zero-order valence-corrected chi connectivity index (χ0v) is 11.5. The van der Waals surface area contributed by atoms with E-state index in [-0.39, 0.29) is 24.3 Å². The first-order valence-corrected chi connectivity index (χ1v) is 6.31. The molecule has 0 spiro atoms. The molecule has 5 heteroatoms. The molecule has 1 rings (SSSR count). The smallest absolute Gasteiger partial charge is 0.324 e. The van der Waals surface area contributed by atoms with Crippen LogP contribution in [-0.2, 0) is 4.79 Å². The Hall–Kier alpha value is -1.36. The second-order valence-corrected chi connectivity index (χ2v) is 5.01. The molecule has 1 saturated heterocycles. The number of allylic oxidation sites excluding steroid dienone is 1. The van der Waals surface area contributed by atoms with Gasteiger partial charge in [-0.15, -0.1) is 0 Å². The minimum Gasteiger partial charge on any atom is -0.330 e. The van der Waals surface area contributed by atoms with Crippen molar-refractivity contribution in [2.45, 2.75) is 19.8 Å². The lowest BCUT2D eigenvalue weighted by atomic mass is 9.95. The molecular weight excluding hydrogens is 230 g/mol. The summed E-state index contributed by atoms with van der Waals surface area (Å²) in [6, 6.07) is -0.195. The Bertz CT molecular complexity index is 333. The highest BCUT2D eigenvalue weighted by Crippen LogP contribution is 2.13.